The fourth-order valence-electron chi connectivity index (χ4n) is 4.39. The summed E-state index contributed by atoms with van der Waals surface area (Å²) in [6.45, 7) is 5.61. The second kappa shape index (κ2) is 10.7. The number of rotatable bonds is 7. The minimum Gasteiger partial charge on any atom is -0.378 e. The molecule has 2 fully saturated rings. The topological polar surface area (TPSA) is 78.9 Å². The van der Waals surface area contributed by atoms with Gasteiger partial charge in [-0.1, -0.05) is 30.3 Å². The van der Waals surface area contributed by atoms with E-state index in [4.69, 9.17) is 9.72 Å². The SMILES string of the molecule is CN([C@@H]1CCCN(Cc2ccnc(N3CCOCC3)n2)CC1)S(=O)(=O)Cc1ccccc1. The van der Waals surface area contributed by atoms with Crippen molar-refractivity contribution in [2.45, 2.75) is 37.6 Å². The number of anilines is 1. The number of sulfonamides is 1. The molecule has 0 spiro atoms. The molecule has 1 atom stereocenters. The monoisotopic (exact) mass is 459 g/mol. The van der Waals surface area contributed by atoms with Gasteiger partial charge in [0.25, 0.3) is 0 Å². The number of aromatic nitrogens is 2. The Morgan fingerprint density at radius 3 is 2.62 bits per heavy atom. The fourth-order valence-corrected chi connectivity index (χ4v) is 5.87. The van der Waals surface area contributed by atoms with Crippen LogP contribution in [-0.2, 0) is 27.1 Å². The maximum absolute atomic E-state index is 13.0. The highest BCUT2D eigenvalue weighted by Crippen LogP contribution is 2.22. The number of hydrogen-bond donors (Lipinski definition) is 0. The first-order valence-electron chi connectivity index (χ1n) is 11.4. The zero-order valence-electron chi connectivity index (χ0n) is 18.8. The largest absolute Gasteiger partial charge is 0.378 e. The molecule has 2 aromatic rings. The van der Waals surface area contributed by atoms with Crippen molar-refractivity contribution in [2.75, 3.05) is 51.3 Å². The fraction of sp³-hybridized carbons (Fsp3) is 0.565. The molecule has 2 aliphatic rings. The Labute approximate surface area is 191 Å². The molecule has 2 aliphatic heterocycles. The van der Waals surface area contributed by atoms with Gasteiger partial charge in [0.05, 0.1) is 24.7 Å². The Bertz CT molecular complexity index is 967. The Morgan fingerprint density at radius 2 is 1.84 bits per heavy atom. The molecule has 1 aromatic heterocycles. The number of likely N-dealkylation sites (tertiary alicyclic amines) is 1. The summed E-state index contributed by atoms with van der Waals surface area (Å²) in [4.78, 5) is 13.8. The first-order valence-corrected chi connectivity index (χ1v) is 13.0. The minimum atomic E-state index is -3.35. The van der Waals surface area contributed by atoms with Crippen LogP contribution in [0.1, 0.15) is 30.5 Å². The van der Waals surface area contributed by atoms with E-state index < -0.39 is 10.0 Å². The Kier molecular flexibility index (Phi) is 7.72. The van der Waals surface area contributed by atoms with Gasteiger partial charge in [-0.05, 0) is 37.4 Å². The molecule has 0 aliphatic carbocycles. The van der Waals surface area contributed by atoms with Gasteiger partial charge in [0.2, 0.25) is 16.0 Å². The maximum Gasteiger partial charge on any atom is 0.225 e. The average Bonchev–Trinajstić information content (AvgIpc) is 3.05. The van der Waals surface area contributed by atoms with E-state index in [2.05, 4.69) is 14.8 Å². The molecule has 0 N–H and O–H groups in total. The van der Waals surface area contributed by atoms with E-state index in [0.717, 1.165) is 69.2 Å². The quantitative estimate of drug-likeness (QED) is 0.628. The van der Waals surface area contributed by atoms with Gasteiger partial charge < -0.3 is 9.64 Å². The van der Waals surface area contributed by atoms with Gasteiger partial charge in [-0.3, -0.25) is 4.90 Å². The van der Waals surface area contributed by atoms with E-state index in [1.54, 1.807) is 11.4 Å². The van der Waals surface area contributed by atoms with Crippen molar-refractivity contribution in [3.63, 3.8) is 0 Å². The first kappa shape index (κ1) is 23.1. The smallest absolute Gasteiger partial charge is 0.225 e. The molecule has 8 nitrogen and oxygen atoms in total. The number of hydrogen-bond acceptors (Lipinski definition) is 7. The van der Waals surface area contributed by atoms with Crippen molar-refractivity contribution in [3.8, 4) is 0 Å². The standard InChI is InChI=1S/C23H33N5O3S/c1-26(32(29,30)19-20-6-3-2-4-7-20)22-8-5-12-27(13-10-22)18-21-9-11-24-23(25-21)28-14-16-31-17-15-28/h2-4,6-7,9,11,22H,5,8,10,12-19H2,1H3/t22-/m1/s1. The number of benzene rings is 1. The van der Waals surface area contributed by atoms with Gasteiger partial charge in [0, 0.05) is 45.5 Å². The van der Waals surface area contributed by atoms with Crippen LogP contribution in [0, 0.1) is 0 Å². The van der Waals surface area contributed by atoms with Crippen LogP contribution >= 0.6 is 0 Å². The van der Waals surface area contributed by atoms with Gasteiger partial charge in [-0.2, -0.15) is 0 Å². The number of morpholine rings is 1. The Hall–Kier alpha value is -2.07. The van der Waals surface area contributed by atoms with Crippen LogP contribution < -0.4 is 4.90 Å². The maximum atomic E-state index is 13.0. The lowest BCUT2D eigenvalue weighted by Gasteiger charge is -2.27. The molecule has 0 bridgehead atoms. The molecule has 3 heterocycles. The highest BCUT2D eigenvalue weighted by Gasteiger charge is 2.28. The van der Waals surface area contributed by atoms with Crippen molar-refractivity contribution in [3.05, 3.63) is 53.9 Å². The highest BCUT2D eigenvalue weighted by atomic mass is 32.2. The van der Waals surface area contributed by atoms with Gasteiger partial charge in [-0.25, -0.2) is 22.7 Å². The van der Waals surface area contributed by atoms with Crippen LogP contribution in [0.4, 0.5) is 5.95 Å². The minimum absolute atomic E-state index is 0.0306. The van der Waals surface area contributed by atoms with E-state index in [1.165, 1.54) is 0 Å². The molecule has 1 aromatic carbocycles. The lowest BCUT2D eigenvalue weighted by atomic mass is 10.1. The molecule has 2 saturated heterocycles. The lowest BCUT2D eigenvalue weighted by molar-refractivity contribution is 0.122. The molecular weight excluding hydrogens is 426 g/mol. The van der Waals surface area contributed by atoms with E-state index in [1.807, 2.05) is 42.6 Å². The summed E-state index contributed by atoms with van der Waals surface area (Å²) in [7, 11) is -1.61. The molecule has 0 radical (unpaired) electrons. The van der Waals surface area contributed by atoms with Crippen LogP contribution in [0.3, 0.4) is 0 Å². The molecule has 174 valence electrons. The highest BCUT2D eigenvalue weighted by molar-refractivity contribution is 7.88. The number of nitrogens with zero attached hydrogens (tertiary/aromatic N) is 5. The van der Waals surface area contributed by atoms with E-state index >= 15 is 0 Å². The molecule has 9 heteroatoms. The third kappa shape index (κ3) is 6.04. The summed E-state index contributed by atoms with van der Waals surface area (Å²) in [6, 6.07) is 11.4. The van der Waals surface area contributed by atoms with Gasteiger partial charge in [-0.15, -0.1) is 0 Å². The van der Waals surface area contributed by atoms with Gasteiger partial charge in [0.1, 0.15) is 0 Å². The Morgan fingerprint density at radius 1 is 1.06 bits per heavy atom. The predicted octanol–water partition coefficient (Wildman–Crippen LogP) is 2.13. The van der Waals surface area contributed by atoms with E-state index in [9.17, 15) is 8.42 Å². The summed E-state index contributed by atoms with van der Waals surface area (Å²) in [5.74, 6) is 0.820. The van der Waals surface area contributed by atoms with Crippen molar-refractivity contribution in [2.24, 2.45) is 0 Å². The van der Waals surface area contributed by atoms with Crippen LogP contribution in [0.2, 0.25) is 0 Å². The van der Waals surface area contributed by atoms with E-state index in [-0.39, 0.29) is 11.8 Å². The van der Waals surface area contributed by atoms with Crippen molar-refractivity contribution in [1.29, 1.82) is 0 Å². The van der Waals surface area contributed by atoms with Gasteiger partial charge in [0.15, 0.2) is 0 Å². The van der Waals surface area contributed by atoms with Crippen LogP contribution in [-0.4, -0.2) is 80.1 Å². The summed E-state index contributed by atoms with van der Waals surface area (Å²) in [5.41, 5.74) is 1.83. The molecule has 32 heavy (non-hydrogen) atoms. The third-order valence-corrected chi connectivity index (χ3v) is 8.19. The molecule has 0 saturated carbocycles. The average molecular weight is 460 g/mol. The second-order valence-corrected chi connectivity index (χ2v) is 10.6. The summed E-state index contributed by atoms with van der Waals surface area (Å²) < 4.78 is 32.9. The predicted molar refractivity (Wildman–Crippen MR) is 125 cm³/mol. The zero-order chi connectivity index (χ0) is 22.4. The second-order valence-electron chi connectivity index (χ2n) is 8.57. The normalized spacial score (nSPS) is 20.9. The van der Waals surface area contributed by atoms with Gasteiger partial charge >= 0.3 is 0 Å². The number of ether oxygens (including phenoxy) is 1. The lowest BCUT2D eigenvalue weighted by Crippen LogP contribution is -2.38. The molecule has 0 unspecified atom stereocenters. The molecular formula is C23H33N5O3S. The van der Waals surface area contributed by atoms with Crippen LogP contribution in [0.5, 0.6) is 0 Å². The van der Waals surface area contributed by atoms with Crippen molar-refractivity contribution >= 4 is 16.0 Å². The summed E-state index contributed by atoms with van der Waals surface area (Å²) in [5, 5.41) is 0. The van der Waals surface area contributed by atoms with Crippen molar-refractivity contribution < 1.29 is 13.2 Å². The Balaban J connectivity index is 1.34. The van der Waals surface area contributed by atoms with E-state index in [0.29, 0.717) is 13.2 Å². The van der Waals surface area contributed by atoms with Crippen molar-refractivity contribution in [1.82, 2.24) is 19.2 Å². The van der Waals surface area contributed by atoms with Crippen LogP contribution in [0.25, 0.3) is 0 Å². The molecule has 0 amide bonds. The molecule has 4 rings (SSSR count). The summed E-state index contributed by atoms with van der Waals surface area (Å²) in [6.07, 6.45) is 4.50. The zero-order valence-corrected chi connectivity index (χ0v) is 19.6. The first-order chi connectivity index (χ1) is 15.5. The third-order valence-electron chi connectivity index (χ3n) is 6.32. The summed E-state index contributed by atoms with van der Waals surface area (Å²) >= 11 is 0. The van der Waals surface area contributed by atoms with Crippen LogP contribution in [0.15, 0.2) is 42.6 Å².